The molecule has 3 N–H and O–H groups in total. The van der Waals surface area contributed by atoms with Gasteiger partial charge in [-0.1, -0.05) is 19.3 Å². The number of likely N-dealkylation sites (tertiary alicyclic amines) is 1. The van der Waals surface area contributed by atoms with E-state index in [0.717, 1.165) is 32.2 Å². The molecule has 1 aromatic heterocycles. The smallest absolute Gasteiger partial charge is 0.257 e. The Hall–Kier alpha value is -1.89. The van der Waals surface area contributed by atoms with Crippen LogP contribution in [0.3, 0.4) is 0 Å². The second-order valence-corrected chi connectivity index (χ2v) is 6.86. The number of amides is 2. The van der Waals surface area contributed by atoms with Crippen LogP contribution >= 0.6 is 0 Å². The second kappa shape index (κ2) is 7.79. The predicted molar refractivity (Wildman–Crippen MR) is 90.4 cm³/mol. The molecule has 1 aliphatic heterocycles. The number of carbonyl (C=O) groups is 2. The van der Waals surface area contributed by atoms with Gasteiger partial charge in [-0.05, 0) is 25.7 Å². The summed E-state index contributed by atoms with van der Waals surface area (Å²) in [4.78, 5) is 26.5. The molecule has 0 aromatic carbocycles. The summed E-state index contributed by atoms with van der Waals surface area (Å²) < 4.78 is 1.54. The summed E-state index contributed by atoms with van der Waals surface area (Å²) in [6.07, 6.45) is 10.9. The summed E-state index contributed by atoms with van der Waals surface area (Å²) in [5, 5.41) is 7.24. The largest absolute Gasteiger partial charge is 0.352 e. The van der Waals surface area contributed by atoms with E-state index >= 15 is 0 Å². The summed E-state index contributed by atoms with van der Waals surface area (Å²) in [6.45, 7) is 1.39. The quantitative estimate of drug-likeness (QED) is 0.837. The van der Waals surface area contributed by atoms with Gasteiger partial charge in [0.05, 0.1) is 11.8 Å². The standard InChI is InChI=1S/C17H27N5O2/c18-9-15-7-4-8-22(15)17(24)13-10-19-21(11-13)12-16(23)20-14-5-2-1-3-6-14/h10-11,14-15H,1-9,12,18H2,(H,20,23). The number of hydrogen-bond donors (Lipinski definition) is 2. The van der Waals surface area contributed by atoms with Crippen molar-refractivity contribution in [1.82, 2.24) is 20.0 Å². The van der Waals surface area contributed by atoms with Crippen molar-refractivity contribution in [3.05, 3.63) is 18.0 Å². The first kappa shape index (κ1) is 17.0. The van der Waals surface area contributed by atoms with E-state index in [2.05, 4.69) is 10.4 Å². The number of nitrogens with zero attached hydrogens (tertiary/aromatic N) is 3. The minimum Gasteiger partial charge on any atom is -0.352 e. The third-order valence-corrected chi connectivity index (χ3v) is 5.07. The number of rotatable bonds is 5. The summed E-state index contributed by atoms with van der Waals surface area (Å²) in [7, 11) is 0. The van der Waals surface area contributed by atoms with Crippen LogP contribution < -0.4 is 11.1 Å². The fraction of sp³-hybridized carbons (Fsp3) is 0.706. The molecule has 2 amide bonds. The molecule has 7 heteroatoms. The molecule has 1 saturated heterocycles. The van der Waals surface area contributed by atoms with Crippen molar-refractivity contribution < 1.29 is 9.59 Å². The fourth-order valence-corrected chi connectivity index (χ4v) is 3.74. The first-order valence-electron chi connectivity index (χ1n) is 9.00. The molecule has 0 bridgehead atoms. The van der Waals surface area contributed by atoms with Crippen molar-refractivity contribution in [1.29, 1.82) is 0 Å². The molecule has 0 spiro atoms. The molecule has 132 valence electrons. The van der Waals surface area contributed by atoms with Crippen molar-refractivity contribution >= 4 is 11.8 Å². The zero-order valence-corrected chi connectivity index (χ0v) is 14.1. The molecule has 3 rings (SSSR count). The van der Waals surface area contributed by atoms with E-state index in [1.165, 1.54) is 19.3 Å². The molecule has 1 unspecified atom stereocenters. The lowest BCUT2D eigenvalue weighted by molar-refractivity contribution is -0.122. The molecular weight excluding hydrogens is 306 g/mol. The van der Waals surface area contributed by atoms with E-state index in [9.17, 15) is 9.59 Å². The predicted octanol–water partition coefficient (Wildman–Crippen LogP) is 0.895. The van der Waals surface area contributed by atoms with Gasteiger partial charge in [0.1, 0.15) is 6.54 Å². The first-order valence-corrected chi connectivity index (χ1v) is 9.00. The Kier molecular flexibility index (Phi) is 5.50. The van der Waals surface area contributed by atoms with Crippen molar-refractivity contribution in [3.8, 4) is 0 Å². The Morgan fingerprint density at radius 1 is 1.21 bits per heavy atom. The van der Waals surface area contributed by atoms with Gasteiger partial charge in [0.15, 0.2) is 0 Å². The molecule has 2 aliphatic rings. The Morgan fingerprint density at radius 2 is 2.00 bits per heavy atom. The van der Waals surface area contributed by atoms with Crippen LogP contribution in [-0.2, 0) is 11.3 Å². The molecule has 1 aliphatic carbocycles. The van der Waals surface area contributed by atoms with E-state index in [-0.39, 0.29) is 30.4 Å². The van der Waals surface area contributed by atoms with Gasteiger partial charge in [-0.15, -0.1) is 0 Å². The Balaban J connectivity index is 1.54. The molecule has 2 heterocycles. The summed E-state index contributed by atoms with van der Waals surface area (Å²) in [5.74, 6) is -0.0769. The lowest BCUT2D eigenvalue weighted by atomic mass is 9.95. The second-order valence-electron chi connectivity index (χ2n) is 6.86. The minimum absolute atomic E-state index is 0.0370. The molecule has 1 saturated carbocycles. The fourth-order valence-electron chi connectivity index (χ4n) is 3.74. The van der Waals surface area contributed by atoms with Crippen LogP contribution in [0.2, 0.25) is 0 Å². The van der Waals surface area contributed by atoms with Crippen molar-refractivity contribution in [2.75, 3.05) is 13.1 Å². The highest BCUT2D eigenvalue weighted by Crippen LogP contribution is 2.19. The molecule has 1 atom stereocenters. The van der Waals surface area contributed by atoms with Gasteiger partial charge in [-0.3, -0.25) is 14.3 Å². The maximum atomic E-state index is 12.5. The van der Waals surface area contributed by atoms with E-state index in [1.54, 1.807) is 17.1 Å². The zero-order chi connectivity index (χ0) is 16.9. The van der Waals surface area contributed by atoms with Crippen LogP contribution in [0, 0.1) is 0 Å². The highest BCUT2D eigenvalue weighted by atomic mass is 16.2. The van der Waals surface area contributed by atoms with Gasteiger partial charge >= 0.3 is 0 Å². The molecule has 1 aromatic rings. The zero-order valence-electron chi connectivity index (χ0n) is 14.1. The monoisotopic (exact) mass is 333 g/mol. The topological polar surface area (TPSA) is 93.2 Å². The van der Waals surface area contributed by atoms with Gasteiger partial charge in [0.2, 0.25) is 5.91 Å². The van der Waals surface area contributed by atoms with Gasteiger partial charge in [-0.25, -0.2) is 0 Å². The SMILES string of the molecule is NCC1CCCN1C(=O)c1cnn(CC(=O)NC2CCCCC2)c1. The number of nitrogens with one attached hydrogen (secondary N) is 1. The van der Waals surface area contributed by atoms with Crippen LogP contribution in [-0.4, -0.2) is 51.7 Å². The number of nitrogens with two attached hydrogens (primary N) is 1. The van der Waals surface area contributed by atoms with Crippen molar-refractivity contribution in [2.24, 2.45) is 5.73 Å². The third-order valence-electron chi connectivity index (χ3n) is 5.07. The summed E-state index contributed by atoms with van der Waals surface area (Å²) >= 11 is 0. The maximum Gasteiger partial charge on any atom is 0.257 e. The van der Waals surface area contributed by atoms with Crippen molar-refractivity contribution in [3.63, 3.8) is 0 Å². The minimum atomic E-state index is -0.0399. The third kappa shape index (κ3) is 3.95. The van der Waals surface area contributed by atoms with E-state index in [4.69, 9.17) is 5.73 Å². The average molecular weight is 333 g/mol. The lowest BCUT2D eigenvalue weighted by Gasteiger charge is -2.23. The Bertz CT molecular complexity index is 579. The molecule has 2 fully saturated rings. The van der Waals surface area contributed by atoms with E-state index < -0.39 is 0 Å². The van der Waals surface area contributed by atoms with Gasteiger partial charge in [0.25, 0.3) is 5.91 Å². The molecule has 24 heavy (non-hydrogen) atoms. The number of aromatic nitrogens is 2. The van der Waals surface area contributed by atoms with Crippen LogP contribution in [0.4, 0.5) is 0 Å². The normalized spacial score (nSPS) is 21.9. The molecular formula is C17H27N5O2. The molecule has 7 nitrogen and oxygen atoms in total. The van der Waals surface area contributed by atoms with Crippen LogP contribution in [0.1, 0.15) is 55.3 Å². The van der Waals surface area contributed by atoms with E-state index in [0.29, 0.717) is 12.1 Å². The van der Waals surface area contributed by atoms with Gasteiger partial charge in [0, 0.05) is 31.4 Å². The average Bonchev–Trinajstić information content (AvgIpc) is 3.24. The van der Waals surface area contributed by atoms with Crippen LogP contribution in [0.5, 0.6) is 0 Å². The Morgan fingerprint density at radius 3 is 2.75 bits per heavy atom. The Labute approximate surface area is 142 Å². The maximum absolute atomic E-state index is 12.5. The van der Waals surface area contributed by atoms with Crippen LogP contribution in [0.15, 0.2) is 12.4 Å². The highest BCUT2D eigenvalue weighted by Gasteiger charge is 2.29. The number of hydrogen-bond acceptors (Lipinski definition) is 4. The number of carbonyl (C=O) groups excluding carboxylic acids is 2. The highest BCUT2D eigenvalue weighted by molar-refractivity contribution is 5.94. The molecule has 0 radical (unpaired) electrons. The van der Waals surface area contributed by atoms with Crippen LogP contribution in [0.25, 0.3) is 0 Å². The van der Waals surface area contributed by atoms with Gasteiger partial charge < -0.3 is 16.0 Å². The summed E-state index contributed by atoms with van der Waals surface area (Å²) in [6, 6.07) is 0.410. The van der Waals surface area contributed by atoms with Crippen molar-refractivity contribution in [2.45, 2.75) is 63.6 Å². The van der Waals surface area contributed by atoms with E-state index in [1.807, 2.05) is 4.90 Å². The summed E-state index contributed by atoms with van der Waals surface area (Å²) in [5.41, 5.74) is 6.26. The van der Waals surface area contributed by atoms with Gasteiger partial charge in [-0.2, -0.15) is 5.10 Å². The lowest BCUT2D eigenvalue weighted by Crippen LogP contribution is -2.39. The first-order chi connectivity index (χ1) is 11.7.